The summed E-state index contributed by atoms with van der Waals surface area (Å²) in [5.74, 6) is 0. The second-order valence-corrected chi connectivity index (χ2v) is 6.79. The summed E-state index contributed by atoms with van der Waals surface area (Å²) in [6.45, 7) is 3.49. The first-order valence-corrected chi connectivity index (χ1v) is 8.67. The molecule has 1 aromatic heterocycles. The minimum absolute atomic E-state index is 0.142. The smallest absolute Gasteiger partial charge is 0.0801 e. The number of methoxy groups -OCH3 is 1. The highest BCUT2D eigenvalue weighted by atomic mass is 16.5. The average molecular weight is 329 g/mol. The number of nitrogens with zero attached hydrogens (tertiary/aromatic N) is 2. The lowest BCUT2D eigenvalue weighted by Crippen LogP contribution is -2.46. The van der Waals surface area contributed by atoms with Crippen LogP contribution in [0.25, 0.3) is 5.69 Å². The molecular formula is C19H27N3O2. The first-order valence-electron chi connectivity index (χ1n) is 8.67. The topological polar surface area (TPSA) is 59.3 Å². The number of ether oxygens (including phenoxy) is 1. The molecule has 0 saturated carbocycles. The fraction of sp³-hybridized carbons (Fsp3) is 0.526. The number of fused-ring (bicyclic) bond motifs is 1. The largest absolute Gasteiger partial charge is 0.396 e. The van der Waals surface area contributed by atoms with Gasteiger partial charge in [-0.05, 0) is 50.3 Å². The Morgan fingerprint density at radius 2 is 2.08 bits per heavy atom. The molecule has 0 aliphatic heterocycles. The van der Waals surface area contributed by atoms with E-state index in [1.165, 1.54) is 17.7 Å². The maximum atomic E-state index is 9.32. The van der Waals surface area contributed by atoms with Crippen LogP contribution in [0.3, 0.4) is 0 Å². The Morgan fingerprint density at radius 1 is 1.29 bits per heavy atom. The van der Waals surface area contributed by atoms with Crippen LogP contribution in [-0.4, -0.2) is 40.7 Å². The van der Waals surface area contributed by atoms with Gasteiger partial charge in [0.1, 0.15) is 0 Å². The first-order chi connectivity index (χ1) is 11.7. The van der Waals surface area contributed by atoms with E-state index in [0.717, 1.165) is 24.2 Å². The van der Waals surface area contributed by atoms with Crippen LogP contribution in [-0.2, 0) is 24.1 Å². The van der Waals surface area contributed by atoms with E-state index in [1.54, 1.807) is 7.11 Å². The van der Waals surface area contributed by atoms with Crippen molar-refractivity contribution in [1.29, 1.82) is 0 Å². The predicted octanol–water partition coefficient (Wildman–Crippen LogP) is 2.24. The highest BCUT2D eigenvalue weighted by molar-refractivity contribution is 5.39. The summed E-state index contributed by atoms with van der Waals surface area (Å²) in [6.07, 6.45) is 4.03. The molecule has 130 valence electrons. The van der Waals surface area contributed by atoms with Crippen molar-refractivity contribution >= 4 is 0 Å². The number of hydrogen-bond donors (Lipinski definition) is 2. The molecule has 2 aromatic rings. The van der Waals surface area contributed by atoms with Crippen molar-refractivity contribution in [2.75, 3.05) is 20.3 Å². The Labute approximate surface area is 143 Å². The van der Waals surface area contributed by atoms with Crippen LogP contribution >= 0.6 is 0 Å². The molecule has 3 rings (SSSR count). The Balaban J connectivity index is 1.82. The lowest BCUT2D eigenvalue weighted by atomic mass is 9.99. The van der Waals surface area contributed by atoms with Gasteiger partial charge >= 0.3 is 0 Å². The van der Waals surface area contributed by atoms with Crippen LogP contribution in [0.15, 0.2) is 30.3 Å². The van der Waals surface area contributed by atoms with Gasteiger partial charge in [-0.2, -0.15) is 5.10 Å². The van der Waals surface area contributed by atoms with Crippen LogP contribution in [0.5, 0.6) is 0 Å². The van der Waals surface area contributed by atoms with Gasteiger partial charge in [-0.15, -0.1) is 0 Å². The van der Waals surface area contributed by atoms with Crippen molar-refractivity contribution in [2.24, 2.45) is 0 Å². The van der Waals surface area contributed by atoms with Gasteiger partial charge in [-0.1, -0.05) is 18.2 Å². The van der Waals surface area contributed by atoms with Crippen LogP contribution in [0.1, 0.15) is 36.7 Å². The summed E-state index contributed by atoms with van der Waals surface area (Å²) in [4.78, 5) is 0. The molecule has 5 heteroatoms. The highest BCUT2D eigenvalue weighted by Crippen LogP contribution is 2.28. The Bertz CT molecular complexity index is 661. The SMILES string of the molecule is COCC(C)(CCO)NCc1nn(-c2ccccc2)c2c1CCC2. The average Bonchev–Trinajstić information content (AvgIpc) is 3.17. The highest BCUT2D eigenvalue weighted by Gasteiger charge is 2.27. The van der Waals surface area contributed by atoms with Gasteiger partial charge in [-0.25, -0.2) is 4.68 Å². The Kier molecular flexibility index (Phi) is 5.33. The van der Waals surface area contributed by atoms with Crippen molar-refractivity contribution in [3.05, 3.63) is 47.3 Å². The number of aliphatic hydroxyl groups excluding tert-OH is 1. The zero-order valence-electron chi connectivity index (χ0n) is 14.6. The van der Waals surface area contributed by atoms with Gasteiger partial charge < -0.3 is 15.2 Å². The lowest BCUT2D eigenvalue weighted by molar-refractivity contribution is 0.0966. The molecule has 1 aromatic carbocycles. The number of nitrogens with one attached hydrogen (secondary N) is 1. The van der Waals surface area contributed by atoms with Crippen LogP contribution in [0.4, 0.5) is 0 Å². The summed E-state index contributed by atoms with van der Waals surface area (Å²) in [5.41, 5.74) is 4.72. The van der Waals surface area contributed by atoms with Gasteiger partial charge in [0.2, 0.25) is 0 Å². The van der Waals surface area contributed by atoms with Crippen molar-refractivity contribution in [1.82, 2.24) is 15.1 Å². The molecule has 24 heavy (non-hydrogen) atoms. The monoisotopic (exact) mass is 329 g/mol. The maximum Gasteiger partial charge on any atom is 0.0801 e. The van der Waals surface area contributed by atoms with E-state index in [9.17, 15) is 5.11 Å². The molecule has 1 aliphatic carbocycles. The van der Waals surface area contributed by atoms with Gasteiger partial charge in [0.25, 0.3) is 0 Å². The summed E-state index contributed by atoms with van der Waals surface area (Å²) in [5, 5.41) is 17.7. The van der Waals surface area contributed by atoms with Gasteiger partial charge in [0.15, 0.2) is 0 Å². The summed E-state index contributed by atoms with van der Waals surface area (Å²) < 4.78 is 7.41. The standard InChI is InChI=1S/C19H27N3O2/c1-19(11-12-23,14-24-2)20-13-17-16-9-6-10-18(16)22(21-17)15-7-4-3-5-8-15/h3-5,7-8,20,23H,6,9-14H2,1-2H3. The van der Waals surface area contributed by atoms with Crippen LogP contribution in [0.2, 0.25) is 0 Å². The molecule has 1 atom stereocenters. The molecule has 0 spiro atoms. The van der Waals surface area contributed by atoms with E-state index >= 15 is 0 Å². The third kappa shape index (κ3) is 3.53. The van der Waals surface area contributed by atoms with Crippen molar-refractivity contribution in [2.45, 2.75) is 44.7 Å². The summed E-state index contributed by atoms with van der Waals surface area (Å²) in [7, 11) is 1.69. The van der Waals surface area contributed by atoms with Crippen molar-refractivity contribution in [3.63, 3.8) is 0 Å². The molecule has 5 nitrogen and oxygen atoms in total. The fourth-order valence-corrected chi connectivity index (χ4v) is 3.51. The third-order valence-corrected chi connectivity index (χ3v) is 4.82. The van der Waals surface area contributed by atoms with E-state index in [0.29, 0.717) is 19.6 Å². The number of para-hydroxylation sites is 1. The van der Waals surface area contributed by atoms with E-state index in [2.05, 4.69) is 29.1 Å². The fourth-order valence-electron chi connectivity index (χ4n) is 3.51. The molecular weight excluding hydrogens is 302 g/mol. The van der Waals surface area contributed by atoms with Gasteiger partial charge in [0.05, 0.1) is 18.0 Å². The number of benzene rings is 1. The summed E-state index contributed by atoms with van der Waals surface area (Å²) >= 11 is 0. The molecule has 2 N–H and O–H groups in total. The minimum Gasteiger partial charge on any atom is -0.396 e. The molecule has 1 aliphatic rings. The normalized spacial score (nSPS) is 16.1. The van der Waals surface area contributed by atoms with E-state index in [1.807, 2.05) is 18.2 Å². The molecule has 0 bridgehead atoms. The third-order valence-electron chi connectivity index (χ3n) is 4.82. The summed E-state index contributed by atoms with van der Waals surface area (Å²) in [6, 6.07) is 10.3. The molecule has 1 unspecified atom stereocenters. The van der Waals surface area contributed by atoms with Crippen LogP contribution in [0, 0.1) is 0 Å². The number of aromatic nitrogens is 2. The van der Waals surface area contributed by atoms with Gasteiger partial charge in [-0.3, -0.25) is 0 Å². The number of hydrogen-bond acceptors (Lipinski definition) is 4. The Morgan fingerprint density at radius 3 is 2.79 bits per heavy atom. The second-order valence-electron chi connectivity index (χ2n) is 6.79. The molecule has 1 heterocycles. The second kappa shape index (κ2) is 7.47. The molecule has 0 radical (unpaired) electrons. The molecule has 0 amide bonds. The van der Waals surface area contributed by atoms with Crippen molar-refractivity contribution in [3.8, 4) is 5.69 Å². The van der Waals surface area contributed by atoms with Crippen LogP contribution < -0.4 is 5.32 Å². The van der Waals surface area contributed by atoms with E-state index < -0.39 is 0 Å². The zero-order valence-corrected chi connectivity index (χ0v) is 14.6. The lowest BCUT2D eigenvalue weighted by Gasteiger charge is -2.29. The quantitative estimate of drug-likeness (QED) is 0.780. The van der Waals surface area contributed by atoms with Gasteiger partial charge in [0, 0.05) is 31.5 Å². The number of rotatable bonds is 8. The molecule has 0 saturated heterocycles. The zero-order chi connectivity index (χ0) is 17.0. The first kappa shape index (κ1) is 17.1. The Hall–Kier alpha value is -1.69. The molecule has 0 fully saturated rings. The maximum absolute atomic E-state index is 9.32. The van der Waals surface area contributed by atoms with E-state index in [-0.39, 0.29) is 12.1 Å². The minimum atomic E-state index is -0.245. The van der Waals surface area contributed by atoms with E-state index in [4.69, 9.17) is 9.84 Å². The number of aliphatic hydroxyl groups is 1. The van der Waals surface area contributed by atoms with Crippen molar-refractivity contribution < 1.29 is 9.84 Å². The predicted molar refractivity (Wildman–Crippen MR) is 94.4 cm³/mol.